The Labute approximate surface area is 189 Å². The van der Waals surface area contributed by atoms with Gasteiger partial charge in [0.05, 0.1) is 7.11 Å². The van der Waals surface area contributed by atoms with Crippen LogP contribution in [-0.4, -0.2) is 60.4 Å². The molecule has 2 aromatic carbocycles. The molecule has 1 heterocycles. The maximum absolute atomic E-state index is 12.8. The monoisotopic (exact) mass is 466 g/mol. The van der Waals surface area contributed by atoms with E-state index in [0.29, 0.717) is 51.0 Å². The lowest BCUT2D eigenvalue weighted by atomic mass is 10.1. The Kier molecular flexibility index (Phi) is 8.06. The van der Waals surface area contributed by atoms with Gasteiger partial charge in [0.1, 0.15) is 5.75 Å². The number of methoxy groups -OCH3 is 1. The minimum absolute atomic E-state index is 0.0403. The SMILES string of the molecule is COc1ccc(CCC(=O)N2CCCN(C(=O)c3ccc(SC(F)(F)F)cc3)CC2)cc1. The molecule has 0 bridgehead atoms. The molecular formula is C23H25F3N2O3S. The first-order chi connectivity index (χ1) is 15.2. The molecule has 1 saturated heterocycles. The number of thioether (sulfide) groups is 1. The Morgan fingerprint density at radius 3 is 2.19 bits per heavy atom. The molecule has 0 N–H and O–H groups in total. The zero-order chi connectivity index (χ0) is 23.1. The topological polar surface area (TPSA) is 49.9 Å². The van der Waals surface area contributed by atoms with E-state index in [4.69, 9.17) is 4.74 Å². The van der Waals surface area contributed by atoms with Gasteiger partial charge in [-0.05, 0) is 66.6 Å². The largest absolute Gasteiger partial charge is 0.497 e. The highest BCUT2D eigenvalue weighted by Gasteiger charge is 2.29. The lowest BCUT2D eigenvalue weighted by Crippen LogP contribution is -2.37. The van der Waals surface area contributed by atoms with E-state index in [1.807, 2.05) is 24.3 Å². The van der Waals surface area contributed by atoms with E-state index in [2.05, 4.69) is 0 Å². The van der Waals surface area contributed by atoms with Crippen LogP contribution in [0.15, 0.2) is 53.4 Å². The number of rotatable bonds is 6. The average Bonchev–Trinajstić information content (AvgIpc) is 3.03. The minimum Gasteiger partial charge on any atom is -0.497 e. The van der Waals surface area contributed by atoms with E-state index in [9.17, 15) is 22.8 Å². The highest BCUT2D eigenvalue weighted by atomic mass is 32.2. The van der Waals surface area contributed by atoms with Crippen molar-refractivity contribution in [2.45, 2.75) is 29.7 Å². The van der Waals surface area contributed by atoms with Gasteiger partial charge in [-0.1, -0.05) is 12.1 Å². The van der Waals surface area contributed by atoms with Gasteiger partial charge in [0.25, 0.3) is 5.91 Å². The lowest BCUT2D eigenvalue weighted by Gasteiger charge is -2.22. The Balaban J connectivity index is 1.51. The van der Waals surface area contributed by atoms with Crippen molar-refractivity contribution in [2.75, 3.05) is 33.3 Å². The Morgan fingerprint density at radius 2 is 1.56 bits per heavy atom. The van der Waals surface area contributed by atoms with Gasteiger partial charge in [-0.15, -0.1) is 0 Å². The first-order valence-corrected chi connectivity index (χ1v) is 11.1. The van der Waals surface area contributed by atoms with Gasteiger partial charge in [0.2, 0.25) is 5.91 Å². The summed E-state index contributed by atoms with van der Waals surface area (Å²) in [4.78, 5) is 28.9. The second kappa shape index (κ2) is 10.8. The number of halogens is 3. The number of hydrogen-bond donors (Lipinski definition) is 0. The third-order valence-electron chi connectivity index (χ3n) is 5.26. The van der Waals surface area contributed by atoms with Gasteiger partial charge in [0.15, 0.2) is 0 Å². The number of ether oxygens (including phenoxy) is 1. The third kappa shape index (κ3) is 6.91. The predicted octanol–water partition coefficient (Wildman–Crippen LogP) is 4.61. The normalized spacial score (nSPS) is 14.8. The summed E-state index contributed by atoms with van der Waals surface area (Å²) in [5.41, 5.74) is -2.96. The van der Waals surface area contributed by atoms with E-state index in [1.54, 1.807) is 16.9 Å². The number of nitrogens with zero attached hydrogens (tertiary/aromatic N) is 2. The van der Waals surface area contributed by atoms with Crippen molar-refractivity contribution >= 4 is 23.6 Å². The van der Waals surface area contributed by atoms with Crippen molar-refractivity contribution in [3.8, 4) is 5.75 Å². The van der Waals surface area contributed by atoms with Crippen LogP contribution in [0.1, 0.15) is 28.8 Å². The van der Waals surface area contributed by atoms with Crippen LogP contribution < -0.4 is 4.74 Å². The lowest BCUT2D eigenvalue weighted by molar-refractivity contribution is -0.131. The van der Waals surface area contributed by atoms with Crippen molar-refractivity contribution in [2.24, 2.45) is 0 Å². The van der Waals surface area contributed by atoms with Gasteiger partial charge in [-0.3, -0.25) is 9.59 Å². The van der Waals surface area contributed by atoms with Crippen LogP contribution in [0, 0.1) is 0 Å². The second-order valence-corrected chi connectivity index (χ2v) is 8.59. The summed E-state index contributed by atoms with van der Waals surface area (Å²) in [5, 5.41) is 0. The van der Waals surface area contributed by atoms with Crippen LogP contribution in [0.2, 0.25) is 0 Å². The van der Waals surface area contributed by atoms with Crippen molar-refractivity contribution in [1.82, 2.24) is 9.80 Å². The number of amides is 2. The molecule has 0 atom stereocenters. The molecule has 1 aliphatic rings. The zero-order valence-corrected chi connectivity index (χ0v) is 18.5. The molecule has 32 heavy (non-hydrogen) atoms. The van der Waals surface area contributed by atoms with E-state index in [-0.39, 0.29) is 28.5 Å². The molecule has 172 valence electrons. The number of alkyl halides is 3. The quantitative estimate of drug-likeness (QED) is 0.584. The summed E-state index contributed by atoms with van der Waals surface area (Å²) in [6, 6.07) is 13.0. The molecule has 0 saturated carbocycles. The van der Waals surface area contributed by atoms with Crippen LogP contribution in [0.4, 0.5) is 13.2 Å². The average molecular weight is 467 g/mol. The summed E-state index contributed by atoms with van der Waals surface area (Å²) in [6.07, 6.45) is 1.67. The first kappa shape index (κ1) is 24.0. The minimum atomic E-state index is -4.36. The van der Waals surface area contributed by atoms with Crippen molar-refractivity contribution < 1.29 is 27.5 Å². The molecule has 0 radical (unpaired) electrons. The molecule has 0 aromatic heterocycles. The van der Waals surface area contributed by atoms with Crippen LogP contribution >= 0.6 is 11.8 Å². The maximum Gasteiger partial charge on any atom is 0.446 e. The number of aryl methyl sites for hydroxylation is 1. The summed E-state index contributed by atoms with van der Waals surface area (Å²) < 4.78 is 42.5. The number of benzene rings is 2. The first-order valence-electron chi connectivity index (χ1n) is 10.3. The van der Waals surface area contributed by atoms with Crippen LogP contribution in [0.5, 0.6) is 5.75 Å². The third-order valence-corrected chi connectivity index (χ3v) is 6.00. The number of hydrogen-bond acceptors (Lipinski definition) is 4. The Bertz CT molecular complexity index is 918. The van der Waals surface area contributed by atoms with E-state index < -0.39 is 5.51 Å². The van der Waals surface area contributed by atoms with Crippen molar-refractivity contribution in [1.29, 1.82) is 0 Å². The predicted molar refractivity (Wildman–Crippen MR) is 117 cm³/mol. The molecule has 3 rings (SSSR count). The highest BCUT2D eigenvalue weighted by Crippen LogP contribution is 2.36. The zero-order valence-electron chi connectivity index (χ0n) is 17.7. The fourth-order valence-corrected chi connectivity index (χ4v) is 4.09. The fraction of sp³-hybridized carbons (Fsp3) is 0.391. The maximum atomic E-state index is 12.8. The molecule has 9 heteroatoms. The highest BCUT2D eigenvalue weighted by molar-refractivity contribution is 8.00. The van der Waals surface area contributed by atoms with Crippen molar-refractivity contribution in [3.63, 3.8) is 0 Å². The van der Waals surface area contributed by atoms with Gasteiger partial charge >= 0.3 is 5.51 Å². The number of carbonyl (C=O) groups is 2. The van der Waals surface area contributed by atoms with E-state index in [1.165, 1.54) is 24.3 Å². The van der Waals surface area contributed by atoms with Crippen LogP contribution in [0.3, 0.4) is 0 Å². The molecule has 1 aliphatic heterocycles. The fourth-order valence-electron chi connectivity index (χ4n) is 3.55. The summed E-state index contributed by atoms with van der Waals surface area (Å²) in [5.74, 6) is 0.579. The molecule has 5 nitrogen and oxygen atoms in total. The van der Waals surface area contributed by atoms with Crippen molar-refractivity contribution in [3.05, 3.63) is 59.7 Å². The molecule has 0 aliphatic carbocycles. The number of carbonyl (C=O) groups excluding carboxylic acids is 2. The molecule has 2 amide bonds. The molecule has 1 fully saturated rings. The summed E-state index contributed by atoms with van der Waals surface area (Å²) in [6.45, 7) is 1.91. The standard InChI is InChI=1S/C23H25F3N2O3S/c1-31-19-8-3-17(4-9-19)5-12-21(29)27-13-2-14-28(16-15-27)22(30)18-6-10-20(11-7-18)32-23(24,25)26/h3-4,6-11H,2,5,12-16H2,1H3. The van der Waals surface area contributed by atoms with Gasteiger partial charge in [0, 0.05) is 43.1 Å². The van der Waals surface area contributed by atoms with Gasteiger partial charge in [-0.25, -0.2) is 0 Å². The van der Waals surface area contributed by atoms with Crippen LogP contribution in [0.25, 0.3) is 0 Å². The van der Waals surface area contributed by atoms with Crippen LogP contribution in [-0.2, 0) is 11.2 Å². The molecule has 0 unspecified atom stereocenters. The van der Waals surface area contributed by atoms with E-state index >= 15 is 0 Å². The Morgan fingerprint density at radius 1 is 0.938 bits per heavy atom. The molecular weight excluding hydrogens is 441 g/mol. The Hall–Kier alpha value is -2.68. The van der Waals surface area contributed by atoms with Gasteiger partial charge in [-0.2, -0.15) is 13.2 Å². The van der Waals surface area contributed by atoms with Gasteiger partial charge < -0.3 is 14.5 Å². The summed E-state index contributed by atoms with van der Waals surface area (Å²) in [7, 11) is 1.61. The second-order valence-electron chi connectivity index (χ2n) is 7.45. The summed E-state index contributed by atoms with van der Waals surface area (Å²) >= 11 is -0.207. The molecule has 0 spiro atoms. The smallest absolute Gasteiger partial charge is 0.446 e. The van der Waals surface area contributed by atoms with E-state index in [0.717, 1.165) is 11.3 Å². The molecule has 2 aromatic rings.